The van der Waals surface area contributed by atoms with E-state index in [-0.39, 0.29) is 17.9 Å². The lowest BCUT2D eigenvalue weighted by molar-refractivity contribution is -0.126. The zero-order valence-electron chi connectivity index (χ0n) is 10.5. The summed E-state index contributed by atoms with van der Waals surface area (Å²) in [6.45, 7) is 10.3. The minimum absolute atomic E-state index is 0.0582. The van der Waals surface area contributed by atoms with Crippen molar-refractivity contribution in [3.05, 3.63) is 0 Å². The smallest absolute Gasteiger partial charge is 0.223 e. The van der Waals surface area contributed by atoms with Gasteiger partial charge in [0.1, 0.15) is 0 Å². The van der Waals surface area contributed by atoms with E-state index >= 15 is 0 Å². The quantitative estimate of drug-likeness (QED) is 0.702. The van der Waals surface area contributed by atoms with Gasteiger partial charge in [-0.25, -0.2) is 0 Å². The first-order valence-electron chi connectivity index (χ1n) is 5.74. The molecule has 0 aliphatic rings. The lowest BCUT2D eigenvalue weighted by atomic mass is 9.96. The molecule has 0 aromatic heterocycles. The summed E-state index contributed by atoms with van der Waals surface area (Å²) in [5.41, 5.74) is 0. The van der Waals surface area contributed by atoms with Gasteiger partial charge < -0.3 is 5.32 Å². The Morgan fingerprint density at radius 2 is 1.73 bits per heavy atom. The van der Waals surface area contributed by atoms with Crippen LogP contribution in [0.3, 0.4) is 0 Å². The van der Waals surface area contributed by atoms with E-state index < -0.39 is 0 Å². The van der Waals surface area contributed by atoms with E-state index in [1.54, 1.807) is 0 Å². The molecule has 0 saturated carbocycles. The van der Waals surface area contributed by atoms with Crippen molar-refractivity contribution < 1.29 is 4.79 Å². The maximum atomic E-state index is 11.8. The van der Waals surface area contributed by atoms with Gasteiger partial charge in [0.05, 0.1) is 0 Å². The summed E-state index contributed by atoms with van der Waals surface area (Å²) in [6, 6.07) is 0.111. The largest absolute Gasteiger partial charge is 0.352 e. The van der Waals surface area contributed by atoms with Crippen LogP contribution in [0.4, 0.5) is 0 Å². The van der Waals surface area contributed by atoms with Crippen molar-refractivity contribution in [2.45, 2.75) is 47.1 Å². The Balaban J connectivity index is 4.12. The Morgan fingerprint density at radius 3 is 2.07 bits per heavy atom. The maximum absolute atomic E-state index is 11.8. The van der Waals surface area contributed by atoms with Crippen LogP contribution in [0.25, 0.3) is 0 Å². The monoisotopic (exact) mass is 233 g/mol. The SMILES string of the molecule is CC(C)CC(CCl)NC(=O)C(C)C(C)C. The molecule has 0 aliphatic carbocycles. The van der Waals surface area contributed by atoms with Crippen LogP contribution < -0.4 is 5.32 Å². The van der Waals surface area contributed by atoms with Crippen LogP contribution in [0.1, 0.15) is 41.0 Å². The van der Waals surface area contributed by atoms with E-state index in [0.29, 0.717) is 17.7 Å². The number of hydrogen-bond acceptors (Lipinski definition) is 1. The number of rotatable bonds is 6. The van der Waals surface area contributed by atoms with Crippen LogP contribution in [-0.4, -0.2) is 17.8 Å². The van der Waals surface area contributed by atoms with Gasteiger partial charge in [0.25, 0.3) is 0 Å². The topological polar surface area (TPSA) is 29.1 Å². The van der Waals surface area contributed by atoms with Gasteiger partial charge in [0, 0.05) is 17.8 Å². The molecule has 2 nitrogen and oxygen atoms in total. The van der Waals surface area contributed by atoms with Crippen molar-refractivity contribution in [2.75, 3.05) is 5.88 Å². The molecule has 90 valence electrons. The van der Waals surface area contributed by atoms with Crippen molar-refractivity contribution in [1.82, 2.24) is 5.32 Å². The number of carbonyl (C=O) groups excluding carboxylic acids is 1. The lowest BCUT2D eigenvalue weighted by Gasteiger charge is -2.22. The highest BCUT2D eigenvalue weighted by Crippen LogP contribution is 2.12. The van der Waals surface area contributed by atoms with Gasteiger partial charge in [-0.2, -0.15) is 0 Å². The summed E-state index contributed by atoms with van der Waals surface area (Å²) < 4.78 is 0. The third kappa shape index (κ3) is 6.03. The minimum atomic E-state index is 0.0582. The first kappa shape index (κ1) is 14.8. The normalized spacial score (nSPS) is 15.5. The molecule has 0 bridgehead atoms. The third-order valence-corrected chi connectivity index (χ3v) is 3.07. The summed E-state index contributed by atoms with van der Waals surface area (Å²) in [5, 5.41) is 3.01. The maximum Gasteiger partial charge on any atom is 0.223 e. The fraction of sp³-hybridized carbons (Fsp3) is 0.917. The minimum Gasteiger partial charge on any atom is -0.352 e. The van der Waals surface area contributed by atoms with E-state index in [1.165, 1.54) is 0 Å². The highest BCUT2D eigenvalue weighted by molar-refractivity contribution is 6.18. The summed E-state index contributed by atoms with van der Waals surface area (Å²) in [6.07, 6.45) is 0.944. The predicted molar refractivity (Wildman–Crippen MR) is 66.1 cm³/mol. The van der Waals surface area contributed by atoms with E-state index in [9.17, 15) is 4.79 Å². The average Bonchev–Trinajstić information content (AvgIpc) is 2.14. The average molecular weight is 234 g/mol. The molecule has 0 aromatic rings. The van der Waals surface area contributed by atoms with Gasteiger partial charge in [0.15, 0.2) is 0 Å². The first-order chi connectivity index (χ1) is 6.88. The van der Waals surface area contributed by atoms with Gasteiger partial charge in [-0.3, -0.25) is 4.79 Å². The molecule has 0 rings (SSSR count). The second kappa shape index (κ2) is 7.10. The van der Waals surface area contributed by atoms with E-state index in [1.807, 2.05) is 6.92 Å². The Morgan fingerprint density at radius 1 is 1.20 bits per heavy atom. The fourth-order valence-corrected chi connectivity index (χ4v) is 1.57. The van der Waals surface area contributed by atoms with E-state index in [2.05, 4.69) is 33.0 Å². The molecule has 1 amide bonds. The molecule has 0 radical (unpaired) electrons. The molecule has 0 spiro atoms. The summed E-state index contributed by atoms with van der Waals surface area (Å²) in [7, 11) is 0. The Kier molecular flexibility index (Phi) is 6.99. The van der Waals surface area contributed by atoms with Crippen molar-refractivity contribution in [1.29, 1.82) is 0 Å². The van der Waals surface area contributed by atoms with Crippen molar-refractivity contribution in [2.24, 2.45) is 17.8 Å². The Bertz CT molecular complexity index is 192. The van der Waals surface area contributed by atoms with Crippen LogP contribution in [0, 0.1) is 17.8 Å². The molecule has 3 heteroatoms. The van der Waals surface area contributed by atoms with Gasteiger partial charge >= 0.3 is 0 Å². The van der Waals surface area contributed by atoms with Crippen molar-refractivity contribution in [3.63, 3.8) is 0 Å². The van der Waals surface area contributed by atoms with Gasteiger partial charge in [-0.05, 0) is 18.3 Å². The second-order valence-electron chi connectivity index (χ2n) is 5.02. The molecule has 0 fully saturated rings. The Hall–Kier alpha value is -0.240. The molecular weight excluding hydrogens is 210 g/mol. The molecule has 2 atom stereocenters. The molecule has 0 saturated heterocycles. The zero-order chi connectivity index (χ0) is 12.0. The third-order valence-electron chi connectivity index (χ3n) is 2.70. The Labute approximate surface area is 98.8 Å². The van der Waals surface area contributed by atoms with Gasteiger partial charge in [-0.15, -0.1) is 11.6 Å². The summed E-state index contributed by atoms with van der Waals surface area (Å²) in [5.74, 6) is 1.61. The first-order valence-corrected chi connectivity index (χ1v) is 6.28. The molecule has 0 aliphatic heterocycles. The number of alkyl halides is 1. The molecule has 1 N–H and O–H groups in total. The molecule has 0 aromatic carbocycles. The molecule has 0 heterocycles. The van der Waals surface area contributed by atoms with Crippen LogP contribution in [0.5, 0.6) is 0 Å². The van der Waals surface area contributed by atoms with Crippen molar-refractivity contribution >= 4 is 17.5 Å². The van der Waals surface area contributed by atoms with Gasteiger partial charge in [0.2, 0.25) is 5.91 Å². The number of hydrogen-bond donors (Lipinski definition) is 1. The number of halogens is 1. The van der Waals surface area contributed by atoms with Crippen LogP contribution >= 0.6 is 11.6 Å². The summed E-state index contributed by atoms with van der Waals surface area (Å²) >= 11 is 5.83. The van der Waals surface area contributed by atoms with Crippen molar-refractivity contribution in [3.8, 4) is 0 Å². The zero-order valence-corrected chi connectivity index (χ0v) is 11.3. The standard InChI is InChI=1S/C12H24ClNO/c1-8(2)6-11(7-13)14-12(15)10(5)9(3)4/h8-11H,6-7H2,1-5H3,(H,14,15). The predicted octanol–water partition coefficient (Wildman–Crippen LogP) is 3.05. The molecule has 2 unspecified atom stereocenters. The van der Waals surface area contributed by atoms with E-state index in [0.717, 1.165) is 6.42 Å². The summed E-state index contributed by atoms with van der Waals surface area (Å²) in [4.78, 5) is 11.8. The molecule has 15 heavy (non-hydrogen) atoms. The highest BCUT2D eigenvalue weighted by Gasteiger charge is 2.20. The van der Waals surface area contributed by atoms with E-state index in [4.69, 9.17) is 11.6 Å². The van der Waals surface area contributed by atoms with Crippen LogP contribution in [0.15, 0.2) is 0 Å². The highest BCUT2D eigenvalue weighted by atomic mass is 35.5. The number of nitrogens with one attached hydrogen (secondary N) is 1. The van der Waals surface area contributed by atoms with Gasteiger partial charge in [-0.1, -0.05) is 34.6 Å². The fourth-order valence-electron chi connectivity index (χ4n) is 1.36. The second-order valence-corrected chi connectivity index (χ2v) is 5.33. The lowest BCUT2D eigenvalue weighted by Crippen LogP contribution is -2.41. The van der Waals surface area contributed by atoms with Crippen LogP contribution in [-0.2, 0) is 4.79 Å². The number of amides is 1. The van der Waals surface area contributed by atoms with Crippen LogP contribution in [0.2, 0.25) is 0 Å². The molecular formula is C12H24ClNO. The number of carbonyl (C=O) groups is 1.